The zero-order chi connectivity index (χ0) is 12.7. The maximum absolute atomic E-state index is 11.9. The Morgan fingerprint density at radius 1 is 1.56 bits per heavy atom. The monoisotopic (exact) mass is 262 g/mol. The lowest BCUT2D eigenvalue weighted by Crippen LogP contribution is -2.24. The van der Waals surface area contributed by atoms with E-state index in [2.05, 4.69) is 4.98 Å². The summed E-state index contributed by atoms with van der Waals surface area (Å²) in [6, 6.07) is 6.05. The highest BCUT2D eigenvalue weighted by molar-refractivity contribution is 7.22. The zero-order valence-corrected chi connectivity index (χ0v) is 10.9. The first-order valence-corrected chi connectivity index (χ1v) is 6.78. The summed E-state index contributed by atoms with van der Waals surface area (Å²) < 4.78 is 1.10. The minimum atomic E-state index is 0.0469. The van der Waals surface area contributed by atoms with E-state index in [1.165, 1.54) is 11.3 Å². The molecule has 0 saturated carbocycles. The summed E-state index contributed by atoms with van der Waals surface area (Å²) in [7, 11) is 0. The van der Waals surface area contributed by atoms with Crippen molar-refractivity contribution < 1.29 is 9.90 Å². The Morgan fingerprint density at radius 2 is 2.39 bits per heavy atom. The first-order chi connectivity index (χ1) is 8.69. The van der Waals surface area contributed by atoms with Crippen LogP contribution in [0.15, 0.2) is 18.2 Å². The number of hydrogen-bond acceptors (Lipinski definition) is 4. The molecule has 2 heterocycles. The topological polar surface area (TPSA) is 53.4 Å². The van der Waals surface area contributed by atoms with E-state index in [0.717, 1.165) is 20.9 Å². The number of carbonyl (C=O) groups is 1. The smallest absolute Gasteiger partial charge is 0.229 e. The van der Waals surface area contributed by atoms with Gasteiger partial charge in [-0.3, -0.25) is 9.69 Å². The molecule has 1 N–H and O–H groups in total. The van der Waals surface area contributed by atoms with E-state index in [-0.39, 0.29) is 18.4 Å². The van der Waals surface area contributed by atoms with Crippen LogP contribution >= 0.6 is 11.3 Å². The number of anilines is 1. The zero-order valence-electron chi connectivity index (χ0n) is 10.1. The van der Waals surface area contributed by atoms with Gasteiger partial charge in [0.15, 0.2) is 5.13 Å². The number of thiazole rings is 1. The van der Waals surface area contributed by atoms with E-state index in [9.17, 15) is 4.79 Å². The largest absolute Gasteiger partial charge is 0.396 e. The second-order valence-corrected chi connectivity index (χ2v) is 5.68. The molecule has 0 bridgehead atoms. The lowest BCUT2D eigenvalue weighted by Gasteiger charge is -2.11. The molecule has 1 atom stereocenters. The minimum Gasteiger partial charge on any atom is -0.396 e. The van der Waals surface area contributed by atoms with Gasteiger partial charge in [0, 0.05) is 25.5 Å². The van der Waals surface area contributed by atoms with Gasteiger partial charge in [-0.25, -0.2) is 4.98 Å². The average molecular weight is 262 g/mol. The number of rotatable bonds is 2. The molecule has 1 aliphatic rings. The van der Waals surface area contributed by atoms with Gasteiger partial charge in [-0.1, -0.05) is 23.5 Å². The van der Waals surface area contributed by atoms with Crippen LogP contribution in [-0.4, -0.2) is 29.1 Å². The van der Waals surface area contributed by atoms with E-state index in [4.69, 9.17) is 5.11 Å². The van der Waals surface area contributed by atoms with Crippen molar-refractivity contribution >= 4 is 32.6 Å². The van der Waals surface area contributed by atoms with Gasteiger partial charge in [0.1, 0.15) is 0 Å². The molecule has 4 nitrogen and oxygen atoms in total. The SMILES string of the molecule is Cc1cccc2sc(N3CC(CO)CC3=O)nc12. The Bertz CT molecular complexity index is 608. The molecule has 94 valence electrons. The summed E-state index contributed by atoms with van der Waals surface area (Å²) in [6.07, 6.45) is 0.422. The number of aromatic nitrogens is 1. The van der Waals surface area contributed by atoms with Gasteiger partial charge in [0.25, 0.3) is 0 Å². The first kappa shape index (κ1) is 11.6. The summed E-state index contributed by atoms with van der Waals surface area (Å²) in [6.45, 7) is 2.66. The standard InChI is InChI=1S/C13H14N2O2S/c1-8-3-2-4-10-12(8)14-13(18-10)15-6-9(7-16)5-11(15)17/h2-4,9,16H,5-7H2,1H3. The Balaban J connectivity index is 2.00. The van der Waals surface area contributed by atoms with Gasteiger partial charge >= 0.3 is 0 Å². The minimum absolute atomic E-state index is 0.0469. The van der Waals surface area contributed by atoms with Crippen molar-refractivity contribution in [1.29, 1.82) is 0 Å². The maximum Gasteiger partial charge on any atom is 0.229 e. The molecule has 1 amide bonds. The Labute approximate surface area is 109 Å². The molecule has 18 heavy (non-hydrogen) atoms. The van der Waals surface area contributed by atoms with Crippen LogP contribution in [0.25, 0.3) is 10.2 Å². The first-order valence-electron chi connectivity index (χ1n) is 5.96. The molecule has 0 spiro atoms. The van der Waals surface area contributed by atoms with Crippen molar-refractivity contribution in [2.24, 2.45) is 5.92 Å². The maximum atomic E-state index is 11.9. The van der Waals surface area contributed by atoms with Gasteiger partial charge in [-0.05, 0) is 18.6 Å². The number of aliphatic hydroxyl groups excluding tert-OH is 1. The molecule has 5 heteroatoms. The fraction of sp³-hybridized carbons (Fsp3) is 0.385. The quantitative estimate of drug-likeness (QED) is 0.900. The lowest BCUT2D eigenvalue weighted by atomic mass is 10.1. The number of nitrogens with zero attached hydrogens (tertiary/aromatic N) is 2. The predicted octanol–water partition coefficient (Wildman–Crippen LogP) is 1.95. The number of para-hydroxylation sites is 1. The highest BCUT2D eigenvalue weighted by Crippen LogP contribution is 2.33. The number of benzene rings is 1. The number of amides is 1. The highest BCUT2D eigenvalue weighted by Gasteiger charge is 2.31. The molecule has 1 aromatic heterocycles. The van der Waals surface area contributed by atoms with E-state index in [1.807, 2.05) is 25.1 Å². The number of aryl methyl sites for hydroxylation is 1. The van der Waals surface area contributed by atoms with Crippen molar-refractivity contribution in [3.63, 3.8) is 0 Å². The number of hydrogen-bond donors (Lipinski definition) is 1. The van der Waals surface area contributed by atoms with Crippen LogP contribution < -0.4 is 4.90 Å². The van der Waals surface area contributed by atoms with Gasteiger partial charge in [-0.2, -0.15) is 0 Å². The van der Waals surface area contributed by atoms with Crippen LogP contribution in [-0.2, 0) is 4.79 Å². The van der Waals surface area contributed by atoms with E-state index in [0.29, 0.717) is 13.0 Å². The number of fused-ring (bicyclic) bond motifs is 1. The van der Waals surface area contributed by atoms with Crippen LogP contribution in [0.3, 0.4) is 0 Å². The molecule has 1 unspecified atom stereocenters. The molecular weight excluding hydrogens is 248 g/mol. The third-order valence-electron chi connectivity index (χ3n) is 3.30. The van der Waals surface area contributed by atoms with Gasteiger partial charge in [0.2, 0.25) is 5.91 Å². The van der Waals surface area contributed by atoms with Crippen LogP contribution in [0.5, 0.6) is 0 Å². The van der Waals surface area contributed by atoms with Crippen molar-refractivity contribution in [1.82, 2.24) is 4.98 Å². The summed E-state index contributed by atoms with van der Waals surface area (Å²) in [4.78, 5) is 18.1. The molecule has 1 saturated heterocycles. The van der Waals surface area contributed by atoms with Gasteiger partial charge in [0.05, 0.1) is 10.2 Å². The molecule has 0 aliphatic carbocycles. The Kier molecular flexibility index (Phi) is 2.80. The van der Waals surface area contributed by atoms with Gasteiger partial charge in [-0.15, -0.1) is 0 Å². The summed E-state index contributed by atoms with van der Waals surface area (Å²) in [5.74, 6) is 0.108. The molecule has 0 radical (unpaired) electrons. The molecular formula is C13H14N2O2S. The highest BCUT2D eigenvalue weighted by atomic mass is 32.1. The number of aliphatic hydroxyl groups is 1. The van der Waals surface area contributed by atoms with Crippen molar-refractivity contribution in [3.8, 4) is 0 Å². The third-order valence-corrected chi connectivity index (χ3v) is 4.35. The molecule has 1 aromatic carbocycles. The third kappa shape index (κ3) is 1.79. The summed E-state index contributed by atoms with van der Waals surface area (Å²) in [5, 5.41) is 9.89. The summed E-state index contributed by atoms with van der Waals surface area (Å²) >= 11 is 1.54. The average Bonchev–Trinajstić information content (AvgIpc) is 2.93. The molecule has 1 aliphatic heterocycles. The molecule has 2 aromatic rings. The second kappa shape index (κ2) is 4.33. The van der Waals surface area contributed by atoms with Crippen LogP contribution in [0.2, 0.25) is 0 Å². The van der Waals surface area contributed by atoms with Crippen LogP contribution in [0.4, 0.5) is 5.13 Å². The van der Waals surface area contributed by atoms with E-state index >= 15 is 0 Å². The van der Waals surface area contributed by atoms with Crippen LogP contribution in [0, 0.1) is 12.8 Å². The normalized spacial score (nSPS) is 20.0. The van der Waals surface area contributed by atoms with Crippen molar-refractivity contribution in [2.75, 3.05) is 18.1 Å². The van der Waals surface area contributed by atoms with E-state index in [1.54, 1.807) is 4.90 Å². The predicted molar refractivity (Wildman–Crippen MR) is 71.9 cm³/mol. The Hall–Kier alpha value is -1.46. The van der Waals surface area contributed by atoms with Crippen molar-refractivity contribution in [2.45, 2.75) is 13.3 Å². The molecule has 1 fully saturated rings. The fourth-order valence-electron chi connectivity index (χ4n) is 2.28. The van der Waals surface area contributed by atoms with Gasteiger partial charge < -0.3 is 5.11 Å². The Morgan fingerprint density at radius 3 is 3.06 bits per heavy atom. The summed E-state index contributed by atoms with van der Waals surface area (Å²) in [5.41, 5.74) is 2.10. The fourth-order valence-corrected chi connectivity index (χ4v) is 3.35. The van der Waals surface area contributed by atoms with E-state index < -0.39 is 0 Å². The van der Waals surface area contributed by atoms with Crippen molar-refractivity contribution in [3.05, 3.63) is 23.8 Å². The number of carbonyl (C=O) groups excluding carboxylic acids is 1. The second-order valence-electron chi connectivity index (χ2n) is 4.68. The van der Waals surface area contributed by atoms with Crippen LogP contribution in [0.1, 0.15) is 12.0 Å². The lowest BCUT2D eigenvalue weighted by molar-refractivity contribution is -0.117. The molecule has 3 rings (SSSR count).